The van der Waals surface area contributed by atoms with Crippen molar-refractivity contribution in [2.75, 3.05) is 12.4 Å². The predicted octanol–water partition coefficient (Wildman–Crippen LogP) is 3.55. The number of amides is 1. The van der Waals surface area contributed by atoms with Gasteiger partial charge in [0.1, 0.15) is 5.82 Å². The Morgan fingerprint density at radius 2 is 1.93 bits per heavy atom. The second-order valence-electron chi connectivity index (χ2n) is 6.23. The number of hydrogen-bond donors (Lipinski definition) is 1. The summed E-state index contributed by atoms with van der Waals surface area (Å²) in [5, 5.41) is 7.23. The van der Waals surface area contributed by atoms with Crippen molar-refractivity contribution >= 4 is 32.6 Å². The first kappa shape index (κ1) is 18.8. The van der Waals surface area contributed by atoms with Crippen LogP contribution in [0, 0.1) is 12.7 Å². The molecule has 4 aromatic rings. The molecule has 0 aliphatic heterocycles. The van der Waals surface area contributed by atoms with Crippen LogP contribution in [0.5, 0.6) is 5.75 Å². The summed E-state index contributed by atoms with van der Waals surface area (Å²) in [7, 11) is 1.34. The molecule has 0 bridgehead atoms. The minimum Gasteiger partial charge on any atom is -0.494 e. The van der Waals surface area contributed by atoms with Crippen molar-refractivity contribution < 1.29 is 13.9 Å². The smallest absolute Gasteiger partial charge is 0.281 e. The molecule has 0 fully saturated rings. The van der Waals surface area contributed by atoms with Gasteiger partial charge in [-0.25, -0.2) is 9.37 Å². The monoisotopic (exact) mass is 410 g/mol. The lowest BCUT2D eigenvalue weighted by molar-refractivity contribution is 0.101. The number of benzene rings is 2. The number of anilines is 1. The molecule has 29 heavy (non-hydrogen) atoms. The van der Waals surface area contributed by atoms with Crippen molar-refractivity contribution in [1.82, 2.24) is 14.8 Å². The van der Waals surface area contributed by atoms with Crippen LogP contribution in [-0.2, 0) is 0 Å². The molecule has 0 aliphatic rings. The molecule has 9 heteroatoms. The molecule has 2 aromatic heterocycles. The highest BCUT2D eigenvalue weighted by Crippen LogP contribution is 2.27. The molecule has 0 saturated heterocycles. The number of carbonyl (C=O) groups excluding carboxylic acids is 1. The van der Waals surface area contributed by atoms with E-state index in [1.807, 2.05) is 25.1 Å². The third kappa shape index (κ3) is 3.72. The van der Waals surface area contributed by atoms with Gasteiger partial charge in [0.2, 0.25) is 0 Å². The van der Waals surface area contributed by atoms with Gasteiger partial charge in [0.05, 0.1) is 29.1 Å². The molecule has 2 aromatic carbocycles. The zero-order valence-corrected chi connectivity index (χ0v) is 16.3. The van der Waals surface area contributed by atoms with Gasteiger partial charge in [0, 0.05) is 0 Å². The summed E-state index contributed by atoms with van der Waals surface area (Å²) in [5.41, 5.74) is 1.58. The molecule has 146 valence electrons. The molecule has 0 unspecified atom stereocenters. The van der Waals surface area contributed by atoms with Gasteiger partial charge in [-0.3, -0.25) is 14.9 Å². The van der Waals surface area contributed by atoms with Crippen LogP contribution in [-0.4, -0.2) is 27.8 Å². The molecular weight excluding hydrogens is 395 g/mol. The molecule has 7 nitrogen and oxygen atoms in total. The van der Waals surface area contributed by atoms with Gasteiger partial charge in [-0.1, -0.05) is 17.4 Å². The molecule has 1 amide bonds. The third-order valence-corrected chi connectivity index (χ3v) is 5.10. The fourth-order valence-corrected chi connectivity index (χ4v) is 3.72. The van der Waals surface area contributed by atoms with Crippen LogP contribution in [0.25, 0.3) is 15.9 Å². The van der Waals surface area contributed by atoms with Crippen LogP contribution >= 0.6 is 11.3 Å². The van der Waals surface area contributed by atoms with Crippen molar-refractivity contribution in [2.24, 2.45) is 0 Å². The van der Waals surface area contributed by atoms with Crippen LogP contribution in [0.2, 0.25) is 0 Å². The Morgan fingerprint density at radius 3 is 2.66 bits per heavy atom. The van der Waals surface area contributed by atoms with Gasteiger partial charge in [-0.2, -0.15) is 9.78 Å². The van der Waals surface area contributed by atoms with Crippen molar-refractivity contribution in [3.05, 3.63) is 76.0 Å². The van der Waals surface area contributed by atoms with Gasteiger partial charge in [-0.15, -0.1) is 0 Å². The number of fused-ring (bicyclic) bond motifs is 1. The van der Waals surface area contributed by atoms with Gasteiger partial charge in [0.15, 0.2) is 16.6 Å². The number of ether oxygens (including phenoxy) is 1. The predicted molar refractivity (Wildman–Crippen MR) is 109 cm³/mol. The Hall–Kier alpha value is -3.59. The van der Waals surface area contributed by atoms with E-state index in [9.17, 15) is 14.0 Å². The van der Waals surface area contributed by atoms with Crippen LogP contribution < -0.4 is 15.6 Å². The molecule has 4 rings (SSSR count). The van der Waals surface area contributed by atoms with Gasteiger partial charge < -0.3 is 4.74 Å². The average Bonchev–Trinajstić information content (AvgIpc) is 3.09. The standard InChI is InChI=1S/C20H15FN4O3S/c1-11-3-8-14-16(9-11)29-20(22-14)23-19(27)18-15(28-2)10-17(26)25(24-18)13-6-4-12(21)5-7-13/h3-10H,1-2H3,(H,22,23,27). The number of aryl methyl sites for hydroxylation is 1. The second-order valence-corrected chi connectivity index (χ2v) is 7.26. The number of nitrogens with zero attached hydrogens (tertiary/aromatic N) is 3. The summed E-state index contributed by atoms with van der Waals surface area (Å²) in [6.07, 6.45) is 0. The molecule has 0 aliphatic carbocycles. The van der Waals surface area contributed by atoms with Crippen LogP contribution in [0.15, 0.2) is 53.3 Å². The van der Waals surface area contributed by atoms with Crippen molar-refractivity contribution in [1.29, 1.82) is 0 Å². The van der Waals surface area contributed by atoms with Crippen LogP contribution in [0.1, 0.15) is 16.1 Å². The summed E-state index contributed by atoms with van der Waals surface area (Å²) in [6, 6.07) is 12.2. The van der Waals surface area contributed by atoms with Crippen molar-refractivity contribution in [3.8, 4) is 11.4 Å². The first-order valence-corrected chi connectivity index (χ1v) is 9.39. The molecule has 1 N–H and O–H groups in total. The minimum atomic E-state index is -0.575. The average molecular weight is 410 g/mol. The molecule has 2 heterocycles. The van der Waals surface area contributed by atoms with E-state index in [-0.39, 0.29) is 11.4 Å². The SMILES string of the molecule is COc1cc(=O)n(-c2ccc(F)cc2)nc1C(=O)Nc1nc2ccc(C)cc2s1. The maximum Gasteiger partial charge on any atom is 0.281 e. The quantitative estimate of drug-likeness (QED) is 0.556. The Bertz CT molecular complexity index is 1280. The molecule has 0 atom stereocenters. The highest BCUT2D eigenvalue weighted by atomic mass is 32.1. The Balaban J connectivity index is 1.71. The van der Waals surface area contributed by atoms with E-state index in [1.165, 1.54) is 42.7 Å². The Morgan fingerprint density at radius 1 is 1.17 bits per heavy atom. The van der Waals surface area contributed by atoms with Crippen LogP contribution in [0.4, 0.5) is 9.52 Å². The molecule has 0 spiro atoms. The number of aromatic nitrogens is 3. The zero-order valence-electron chi connectivity index (χ0n) is 15.5. The number of halogens is 1. The number of nitrogens with one attached hydrogen (secondary N) is 1. The number of thiazole rings is 1. The van der Waals surface area contributed by atoms with E-state index >= 15 is 0 Å². The maximum absolute atomic E-state index is 13.2. The van der Waals surface area contributed by atoms with E-state index in [0.29, 0.717) is 10.8 Å². The number of rotatable bonds is 4. The maximum atomic E-state index is 13.2. The third-order valence-electron chi connectivity index (χ3n) is 4.17. The van der Waals surface area contributed by atoms with Crippen molar-refractivity contribution in [2.45, 2.75) is 6.92 Å². The number of hydrogen-bond acceptors (Lipinski definition) is 6. The molecule has 0 radical (unpaired) electrons. The van der Waals surface area contributed by atoms with Gasteiger partial charge in [-0.05, 0) is 48.9 Å². The first-order chi connectivity index (χ1) is 13.9. The number of methoxy groups -OCH3 is 1. The summed E-state index contributed by atoms with van der Waals surface area (Å²) < 4.78 is 20.3. The van der Waals surface area contributed by atoms with E-state index < -0.39 is 17.3 Å². The molecular formula is C20H15FN4O3S. The Labute approximate surface area is 168 Å². The van der Waals surface area contributed by atoms with E-state index in [2.05, 4.69) is 15.4 Å². The summed E-state index contributed by atoms with van der Waals surface area (Å²) in [6.45, 7) is 1.98. The minimum absolute atomic E-state index is 0.0304. The number of carbonyl (C=O) groups is 1. The Kier molecular flexibility index (Phi) is 4.81. The highest BCUT2D eigenvalue weighted by Gasteiger charge is 2.19. The van der Waals surface area contributed by atoms with E-state index in [1.54, 1.807) is 0 Å². The van der Waals surface area contributed by atoms with E-state index in [4.69, 9.17) is 4.74 Å². The highest BCUT2D eigenvalue weighted by molar-refractivity contribution is 7.22. The lowest BCUT2D eigenvalue weighted by atomic mass is 10.2. The summed E-state index contributed by atoms with van der Waals surface area (Å²) in [4.78, 5) is 29.6. The first-order valence-electron chi connectivity index (χ1n) is 8.57. The largest absolute Gasteiger partial charge is 0.494 e. The van der Waals surface area contributed by atoms with E-state index in [0.717, 1.165) is 26.5 Å². The topological polar surface area (TPSA) is 86.1 Å². The summed E-state index contributed by atoms with van der Waals surface area (Å²) >= 11 is 1.33. The normalized spacial score (nSPS) is 10.9. The fourth-order valence-electron chi connectivity index (χ4n) is 2.76. The van der Waals surface area contributed by atoms with Crippen LogP contribution in [0.3, 0.4) is 0 Å². The van der Waals surface area contributed by atoms with Gasteiger partial charge >= 0.3 is 0 Å². The lowest BCUT2D eigenvalue weighted by Gasteiger charge is -2.10. The lowest BCUT2D eigenvalue weighted by Crippen LogP contribution is -2.26. The fraction of sp³-hybridized carbons (Fsp3) is 0.100. The summed E-state index contributed by atoms with van der Waals surface area (Å²) in [5.74, 6) is -0.990. The molecule has 0 saturated carbocycles. The zero-order chi connectivity index (χ0) is 20.5. The van der Waals surface area contributed by atoms with Gasteiger partial charge in [0.25, 0.3) is 11.5 Å². The van der Waals surface area contributed by atoms with Crippen molar-refractivity contribution in [3.63, 3.8) is 0 Å². The second kappa shape index (κ2) is 7.44.